The zero-order valence-corrected chi connectivity index (χ0v) is 30.7. The maximum Gasteiger partial charge on any atom is 0.586 e. The third-order valence-electron chi connectivity index (χ3n) is 10.7. The Balaban J connectivity index is 1.23. The summed E-state index contributed by atoms with van der Waals surface area (Å²) in [4.78, 5) is 13.8. The van der Waals surface area contributed by atoms with Gasteiger partial charge < -0.3 is 33.9 Å². The average molecular weight is 750 g/mol. The predicted molar refractivity (Wildman–Crippen MR) is 209 cm³/mol. The van der Waals surface area contributed by atoms with Gasteiger partial charge in [-0.05, 0) is 53.8 Å². The zero-order valence-electron chi connectivity index (χ0n) is 30.7. The van der Waals surface area contributed by atoms with Gasteiger partial charge in [-0.15, -0.1) is 8.78 Å². The van der Waals surface area contributed by atoms with Crippen molar-refractivity contribution in [1.29, 1.82) is 0 Å². The predicted octanol–water partition coefficient (Wildman–Crippen LogP) is 5.32. The summed E-state index contributed by atoms with van der Waals surface area (Å²) in [6.45, 7) is 2.85. The van der Waals surface area contributed by atoms with Crippen molar-refractivity contribution in [3.05, 3.63) is 125 Å². The van der Waals surface area contributed by atoms with Crippen LogP contribution in [0.2, 0.25) is 0 Å². The van der Waals surface area contributed by atoms with Gasteiger partial charge in [-0.2, -0.15) is 0 Å². The van der Waals surface area contributed by atoms with Crippen LogP contribution in [-0.2, 0) is 44.9 Å². The molecule has 8 nitrogen and oxygen atoms in total. The molecule has 276 valence electrons. The van der Waals surface area contributed by atoms with Crippen LogP contribution in [0, 0.1) is 5.82 Å². The third kappa shape index (κ3) is 7.51. The molecule has 1 aliphatic carbocycles. The fourth-order valence-electron chi connectivity index (χ4n) is 6.75. The van der Waals surface area contributed by atoms with Crippen molar-refractivity contribution in [2.45, 2.75) is 79.9 Å². The van der Waals surface area contributed by atoms with Gasteiger partial charge in [-0.3, -0.25) is 4.79 Å². The Morgan fingerprint density at radius 1 is 0.821 bits per heavy atom. The highest BCUT2D eigenvalue weighted by Crippen LogP contribution is 2.52. The van der Waals surface area contributed by atoms with Crippen LogP contribution in [0.15, 0.2) is 97.1 Å². The van der Waals surface area contributed by atoms with Gasteiger partial charge in [0.2, 0.25) is 5.91 Å². The van der Waals surface area contributed by atoms with E-state index in [9.17, 15) is 18.7 Å². The molecule has 1 atom stereocenters. The summed E-state index contributed by atoms with van der Waals surface area (Å²) in [5.41, 5.74) is -2.57. The van der Waals surface area contributed by atoms with E-state index in [4.69, 9.17) is 48.7 Å². The first-order valence-corrected chi connectivity index (χ1v) is 17.8. The minimum absolute atomic E-state index is 0.0543. The molecule has 2 aliphatic rings. The molecule has 5 aromatic rings. The largest absolute Gasteiger partial charge is 0.586 e. The van der Waals surface area contributed by atoms with Gasteiger partial charge in [0, 0.05) is 39.9 Å². The van der Waals surface area contributed by atoms with Crippen molar-refractivity contribution >= 4 is 61.7 Å². The van der Waals surface area contributed by atoms with Gasteiger partial charge in [-0.25, -0.2) is 4.39 Å². The second-order valence-corrected chi connectivity index (χ2v) is 15.1. The molecule has 0 bridgehead atoms. The Kier molecular flexibility index (Phi) is 10.0. The Labute approximate surface area is 329 Å². The number of carbonyl (C=O) groups is 1. The summed E-state index contributed by atoms with van der Waals surface area (Å²) < 4.78 is 65.9. The van der Waals surface area contributed by atoms with Gasteiger partial charge in [0.05, 0.1) is 35.3 Å². The number of anilines is 1. The zero-order chi connectivity index (χ0) is 40.3. The Morgan fingerprint density at radius 3 is 1.98 bits per heavy atom. The highest BCUT2D eigenvalue weighted by molar-refractivity contribution is 6.44. The number of nitrogens with one attached hydrogen (secondary N) is 1. The van der Waals surface area contributed by atoms with E-state index in [0.717, 1.165) is 11.6 Å². The number of ether oxygens (including phenoxy) is 4. The quantitative estimate of drug-likeness (QED) is 0.150. The lowest BCUT2D eigenvalue weighted by Crippen LogP contribution is -2.60. The smallest absolute Gasteiger partial charge is 0.397 e. The molecule has 1 aliphatic heterocycles. The first-order valence-electron chi connectivity index (χ1n) is 17.8. The van der Waals surface area contributed by atoms with E-state index in [-0.39, 0.29) is 35.9 Å². The van der Waals surface area contributed by atoms with E-state index in [0.29, 0.717) is 35.0 Å². The van der Waals surface area contributed by atoms with E-state index < -0.39 is 51.7 Å². The van der Waals surface area contributed by atoms with Crippen molar-refractivity contribution in [3.8, 4) is 11.5 Å². The number of carbonyl (C=O) groups excluding carboxylic acids is 1. The molecular weight excluding hydrogens is 716 g/mol. The fraction of sp³-hybridized carbons (Fsp3) is 0.325. The minimum atomic E-state index is -3.83. The Morgan fingerprint density at radius 2 is 1.39 bits per heavy atom. The maximum atomic E-state index is 16.2. The molecule has 10 radical (unpaired) electrons. The number of alkyl halides is 2. The number of rotatable bonds is 14. The van der Waals surface area contributed by atoms with Crippen molar-refractivity contribution < 1.29 is 42.0 Å². The number of hydrogen-bond acceptors (Lipinski definition) is 6. The van der Waals surface area contributed by atoms with Crippen LogP contribution >= 0.6 is 0 Å². The van der Waals surface area contributed by atoms with Crippen molar-refractivity contribution in [3.63, 3.8) is 0 Å². The number of benzene rings is 4. The summed E-state index contributed by atoms with van der Waals surface area (Å²) in [6.07, 6.45) is -3.06. The molecule has 56 heavy (non-hydrogen) atoms. The summed E-state index contributed by atoms with van der Waals surface area (Å²) in [5.74, 6) is -1.76. The maximum absolute atomic E-state index is 16.2. The van der Waals surface area contributed by atoms with E-state index >= 15 is 4.39 Å². The van der Waals surface area contributed by atoms with Gasteiger partial charge in [0.15, 0.2) is 11.5 Å². The van der Waals surface area contributed by atoms with Gasteiger partial charge in [-0.1, -0.05) is 80.6 Å². The molecule has 2 heterocycles. The summed E-state index contributed by atoms with van der Waals surface area (Å²) in [7, 11) is 32.5. The third-order valence-corrected chi connectivity index (χ3v) is 10.7. The molecule has 4 aromatic carbocycles. The van der Waals surface area contributed by atoms with E-state index in [2.05, 4.69) is 14.8 Å². The molecule has 1 amide bonds. The highest BCUT2D eigenvalue weighted by Gasteiger charge is 2.53. The molecular formula is C40H34B5F3N2O6. The SMILES string of the molecule is [B]C(O)(Cn1c(C(C)(C)C([B])([B])OCc2ccccc2)cc2cc(NC(=O)C3(c4ccc5c(c4)OC(F)(F)O5)CC3)c(F)cc21)C([B])([B])OCc1ccccc1. The standard InChI is InChI=1S/C40H34B5F3N2O6/c1-35(2,38(42,43)53-21-24-9-5-3-6-10-24)33-18-26-17-29(49-34(51)36(15-16-36)27-13-14-31-32(19-27)56-40(47,48)55-31)28(46)20-30(26)50(33)23-37(41,52)39(44,45)54-22-25-11-7-4-8-12-25/h3-14,17-20,52H,15-16,21-23H2,1-2H3,(H,49,51). The van der Waals surface area contributed by atoms with Gasteiger partial charge in [0.1, 0.15) is 45.0 Å². The second kappa shape index (κ2) is 14.1. The molecule has 7 rings (SSSR count). The summed E-state index contributed by atoms with van der Waals surface area (Å²) >= 11 is 0. The number of aromatic nitrogens is 1. The topological polar surface area (TPSA) is 91.2 Å². The van der Waals surface area contributed by atoms with Crippen molar-refractivity contribution in [2.75, 3.05) is 5.32 Å². The molecule has 1 aromatic heterocycles. The Hall–Kier alpha value is -4.52. The van der Waals surface area contributed by atoms with Crippen LogP contribution in [0.4, 0.5) is 18.9 Å². The lowest BCUT2D eigenvalue weighted by molar-refractivity contribution is -0.286. The first-order chi connectivity index (χ1) is 26.2. The summed E-state index contributed by atoms with van der Waals surface area (Å²) in [5, 5.41) is 10.6. The molecule has 2 N–H and O–H groups in total. The van der Waals surface area contributed by atoms with Crippen LogP contribution in [0.1, 0.15) is 49.1 Å². The number of fused-ring (bicyclic) bond motifs is 2. The first kappa shape index (κ1) is 39.7. The second-order valence-electron chi connectivity index (χ2n) is 15.1. The van der Waals surface area contributed by atoms with Gasteiger partial charge >= 0.3 is 6.29 Å². The molecule has 1 saturated carbocycles. The van der Waals surface area contributed by atoms with E-state index in [1.54, 1.807) is 44.2 Å². The number of amides is 1. The van der Waals surface area contributed by atoms with Crippen molar-refractivity contribution in [1.82, 2.24) is 4.57 Å². The number of nitrogens with zero attached hydrogens (tertiary/aromatic N) is 1. The summed E-state index contributed by atoms with van der Waals surface area (Å²) in [6, 6.07) is 26.6. The monoisotopic (exact) mass is 750 g/mol. The molecule has 0 spiro atoms. The van der Waals surface area contributed by atoms with Crippen LogP contribution < -0.4 is 14.8 Å². The normalized spacial score (nSPS) is 17.0. The van der Waals surface area contributed by atoms with Crippen LogP contribution in [0.3, 0.4) is 0 Å². The number of halogens is 3. The van der Waals surface area contributed by atoms with Crippen molar-refractivity contribution in [2.24, 2.45) is 0 Å². The number of aliphatic hydroxyl groups is 1. The average Bonchev–Trinajstić information content (AvgIpc) is 3.80. The Bertz CT molecular complexity index is 2270. The van der Waals surface area contributed by atoms with Crippen LogP contribution in [-0.4, -0.2) is 77.4 Å². The fourth-order valence-corrected chi connectivity index (χ4v) is 6.75. The molecule has 1 unspecified atom stereocenters. The highest BCUT2D eigenvalue weighted by atomic mass is 19.3. The lowest BCUT2D eigenvalue weighted by Gasteiger charge is -2.46. The molecule has 0 saturated heterocycles. The van der Waals surface area contributed by atoms with Crippen LogP contribution in [0.25, 0.3) is 10.9 Å². The number of hydrogen-bond donors (Lipinski definition) is 2. The molecule has 1 fully saturated rings. The van der Waals surface area contributed by atoms with Crippen LogP contribution in [0.5, 0.6) is 11.5 Å². The lowest BCUT2D eigenvalue weighted by atomic mass is 9.48. The van der Waals surface area contributed by atoms with E-state index in [1.807, 2.05) is 36.4 Å². The van der Waals surface area contributed by atoms with Gasteiger partial charge in [0.25, 0.3) is 0 Å². The van der Waals surface area contributed by atoms with E-state index in [1.165, 1.54) is 28.8 Å². The minimum Gasteiger partial charge on any atom is -0.397 e. The molecule has 16 heteroatoms.